The van der Waals surface area contributed by atoms with Crippen LogP contribution in [0.5, 0.6) is 5.75 Å². The molecule has 0 heterocycles. The predicted molar refractivity (Wildman–Crippen MR) is 87.2 cm³/mol. The van der Waals surface area contributed by atoms with Crippen molar-refractivity contribution in [2.24, 2.45) is 5.10 Å². The Morgan fingerprint density at radius 3 is 2.78 bits per heavy atom. The topological polar surface area (TPSA) is 50.7 Å². The van der Waals surface area contributed by atoms with Gasteiger partial charge in [0.2, 0.25) is 0 Å². The van der Waals surface area contributed by atoms with Crippen LogP contribution in [0.3, 0.4) is 0 Å². The third-order valence-corrected chi connectivity index (χ3v) is 2.99. The fourth-order valence-electron chi connectivity index (χ4n) is 1.70. The van der Waals surface area contributed by atoms with Gasteiger partial charge in [0.1, 0.15) is 18.2 Å². The van der Waals surface area contributed by atoms with E-state index >= 15 is 0 Å². The van der Waals surface area contributed by atoms with Crippen LogP contribution in [-0.2, 0) is 0 Å². The monoisotopic (exact) mass is 330 g/mol. The number of halogens is 2. The maximum absolute atomic E-state index is 12.8. The molecule has 0 atom stereocenters. The fourth-order valence-corrected chi connectivity index (χ4v) is 1.88. The molecule has 4 nitrogen and oxygen atoms in total. The van der Waals surface area contributed by atoms with Gasteiger partial charge in [0.25, 0.3) is 5.91 Å². The first-order valence-corrected chi connectivity index (χ1v) is 6.92. The van der Waals surface area contributed by atoms with Gasteiger partial charge in [0.05, 0.1) is 6.21 Å². The minimum atomic E-state index is -0.464. The molecule has 0 fully saturated rings. The number of hydrazone groups is 1. The third kappa shape index (κ3) is 4.83. The number of nitrogens with one attached hydrogen (secondary N) is 1. The highest BCUT2D eigenvalue weighted by molar-refractivity contribution is 6.30. The number of rotatable bonds is 5. The Morgan fingerprint density at radius 2 is 2.09 bits per heavy atom. The number of amides is 1. The molecule has 1 amide bonds. The van der Waals surface area contributed by atoms with Crippen molar-refractivity contribution in [1.29, 1.82) is 0 Å². The Bertz CT molecular complexity index is 767. The van der Waals surface area contributed by atoms with Crippen molar-refractivity contribution in [2.45, 2.75) is 0 Å². The number of terminal acetylenes is 1. The minimum Gasteiger partial charge on any atom is -0.480 e. The van der Waals surface area contributed by atoms with Gasteiger partial charge in [0, 0.05) is 16.1 Å². The smallest absolute Gasteiger partial charge is 0.271 e. The molecule has 0 bridgehead atoms. The lowest BCUT2D eigenvalue weighted by Crippen LogP contribution is -2.17. The summed E-state index contributed by atoms with van der Waals surface area (Å²) in [5.41, 5.74) is 3.19. The molecular formula is C17H12ClFN2O2. The summed E-state index contributed by atoms with van der Waals surface area (Å²) >= 11 is 5.92. The number of nitrogens with zero attached hydrogens (tertiary/aromatic N) is 1. The van der Waals surface area contributed by atoms with Gasteiger partial charge in [-0.3, -0.25) is 4.79 Å². The second-order valence-electron chi connectivity index (χ2n) is 4.38. The van der Waals surface area contributed by atoms with Crippen molar-refractivity contribution < 1.29 is 13.9 Å². The Morgan fingerprint density at radius 1 is 1.35 bits per heavy atom. The van der Waals surface area contributed by atoms with Crippen LogP contribution >= 0.6 is 11.6 Å². The predicted octanol–water partition coefficient (Wildman–Crippen LogP) is 3.26. The first kappa shape index (κ1) is 16.5. The van der Waals surface area contributed by atoms with Crippen LogP contribution in [0.25, 0.3) is 0 Å². The molecule has 0 saturated heterocycles. The molecule has 0 aliphatic rings. The summed E-state index contributed by atoms with van der Waals surface area (Å²) in [6.07, 6.45) is 6.54. The second-order valence-corrected chi connectivity index (χ2v) is 4.82. The summed E-state index contributed by atoms with van der Waals surface area (Å²) in [5.74, 6) is 1.97. The van der Waals surface area contributed by atoms with E-state index in [-0.39, 0.29) is 6.61 Å². The van der Waals surface area contributed by atoms with E-state index in [9.17, 15) is 9.18 Å². The van der Waals surface area contributed by atoms with E-state index in [2.05, 4.69) is 16.4 Å². The van der Waals surface area contributed by atoms with Gasteiger partial charge in [-0.2, -0.15) is 5.10 Å². The largest absolute Gasteiger partial charge is 0.480 e. The summed E-state index contributed by atoms with van der Waals surface area (Å²) < 4.78 is 18.2. The maximum atomic E-state index is 12.8. The van der Waals surface area contributed by atoms with Gasteiger partial charge in [-0.25, -0.2) is 9.82 Å². The average molecular weight is 331 g/mol. The van der Waals surface area contributed by atoms with Crippen LogP contribution in [0.4, 0.5) is 4.39 Å². The highest BCUT2D eigenvalue weighted by Crippen LogP contribution is 2.21. The van der Waals surface area contributed by atoms with Crippen molar-refractivity contribution in [2.75, 3.05) is 6.61 Å². The van der Waals surface area contributed by atoms with Crippen LogP contribution in [0.2, 0.25) is 5.02 Å². The first-order chi connectivity index (χ1) is 11.1. The molecule has 0 aliphatic heterocycles. The van der Waals surface area contributed by atoms with E-state index in [1.807, 2.05) is 0 Å². The van der Waals surface area contributed by atoms with E-state index < -0.39 is 11.7 Å². The van der Waals surface area contributed by atoms with Crippen LogP contribution in [0.1, 0.15) is 15.9 Å². The van der Waals surface area contributed by atoms with Gasteiger partial charge >= 0.3 is 0 Å². The Hall–Kier alpha value is -2.84. The van der Waals surface area contributed by atoms with E-state index in [0.29, 0.717) is 21.9 Å². The zero-order valence-corrected chi connectivity index (χ0v) is 12.7. The Labute approximate surface area is 137 Å². The quantitative estimate of drug-likeness (QED) is 0.520. The SMILES string of the molecule is C#CCOc1ccc(Cl)cc1/C=N\NC(=O)c1ccc(F)cc1. The number of hydrogen-bond donors (Lipinski definition) is 1. The summed E-state index contributed by atoms with van der Waals surface area (Å²) in [6.45, 7) is 0.102. The summed E-state index contributed by atoms with van der Waals surface area (Å²) in [5, 5.41) is 4.33. The number of ether oxygens (including phenoxy) is 1. The van der Waals surface area contributed by atoms with Gasteiger partial charge in [-0.1, -0.05) is 17.5 Å². The third-order valence-electron chi connectivity index (χ3n) is 2.76. The molecule has 1 N–H and O–H groups in total. The molecule has 2 aromatic carbocycles. The van der Waals surface area contributed by atoms with Gasteiger partial charge in [0.15, 0.2) is 0 Å². The van der Waals surface area contributed by atoms with E-state index in [4.69, 9.17) is 22.8 Å². The molecular weight excluding hydrogens is 319 g/mol. The van der Waals surface area contributed by atoms with E-state index in [0.717, 1.165) is 0 Å². The lowest BCUT2D eigenvalue weighted by atomic mass is 10.2. The van der Waals surface area contributed by atoms with Crippen LogP contribution in [-0.4, -0.2) is 18.7 Å². The summed E-state index contributed by atoms with van der Waals surface area (Å²) in [6, 6.07) is 10.1. The van der Waals surface area contributed by atoms with Crippen molar-refractivity contribution in [1.82, 2.24) is 5.43 Å². The molecule has 0 spiro atoms. The molecule has 0 aliphatic carbocycles. The lowest BCUT2D eigenvalue weighted by molar-refractivity contribution is 0.0955. The van der Waals surface area contributed by atoms with E-state index in [1.165, 1.54) is 30.5 Å². The average Bonchev–Trinajstić information content (AvgIpc) is 2.54. The van der Waals surface area contributed by atoms with Crippen LogP contribution in [0.15, 0.2) is 47.6 Å². The van der Waals surface area contributed by atoms with Crippen molar-refractivity contribution in [3.63, 3.8) is 0 Å². The number of benzene rings is 2. The first-order valence-electron chi connectivity index (χ1n) is 6.55. The van der Waals surface area contributed by atoms with Crippen molar-refractivity contribution in [3.05, 3.63) is 64.4 Å². The molecule has 23 heavy (non-hydrogen) atoms. The normalized spacial score (nSPS) is 10.3. The lowest BCUT2D eigenvalue weighted by Gasteiger charge is -2.06. The molecule has 0 radical (unpaired) electrons. The van der Waals surface area contributed by atoms with Crippen LogP contribution < -0.4 is 10.2 Å². The van der Waals surface area contributed by atoms with Gasteiger partial charge < -0.3 is 4.74 Å². The highest BCUT2D eigenvalue weighted by Gasteiger charge is 2.05. The molecule has 0 unspecified atom stereocenters. The second kappa shape index (κ2) is 7.97. The van der Waals surface area contributed by atoms with Crippen LogP contribution in [0, 0.1) is 18.2 Å². The van der Waals surface area contributed by atoms with Crippen molar-refractivity contribution >= 4 is 23.7 Å². The maximum Gasteiger partial charge on any atom is 0.271 e. The zero-order valence-electron chi connectivity index (χ0n) is 11.9. The molecule has 0 aromatic heterocycles. The van der Waals surface area contributed by atoms with E-state index in [1.54, 1.807) is 18.2 Å². The van der Waals surface area contributed by atoms with Crippen molar-refractivity contribution in [3.8, 4) is 18.1 Å². The fraction of sp³-hybridized carbons (Fsp3) is 0.0588. The summed E-state index contributed by atoms with van der Waals surface area (Å²) in [4.78, 5) is 11.8. The number of carbonyl (C=O) groups excluding carboxylic acids is 1. The standard InChI is InChI=1S/C17H12ClFN2O2/c1-2-9-23-16-8-5-14(18)10-13(16)11-20-21-17(22)12-3-6-15(19)7-4-12/h1,3-8,10-11H,9H2,(H,21,22)/b20-11-. The summed E-state index contributed by atoms with van der Waals surface area (Å²) in [7, 11) is 0. The zero-order chi connectivity index (χ0) is 16.7. The number of carbonyl (C=O) groups is 1. The van der Waals surface area contributed by atoms with Gasteiger partial charge in [-0.05, 0) is 42.5 Å². The Kier molecular flexibility index (Phi) is 5.73. The molecule has 116 valence electrons. The molecule has 6 heteroatoms. The molecule has 2 aromatic rings. The Balaban J connectivity index is 2.07. The molecule has 2 rings (SSSR count). The highest BCUT2D eigenvalue weighted by atomic mass is 35.5. The van der Waals surface area contributed by atoms with Gasteiger partial charge in [-0.15, -0.1) is 6.42 Å². The number of hydrogen-bond acceptors (Lipinski definition) is 3. The molecule has 0 saturated carbocycles. The minimum absolute atomic E-state index is 0.102.